The van der Waals surface area contributed by atoms with Gasteiger partial charge in [-0.05, 0) is 35.9 Å². The highest BCUT2D eigenvalue weighted by molar-refractivity contribution is 5.32. The summed E-state index contributed by atoms with van der Waals surface area (Å²) in [7, 11) is 0. The minimum atomic E-state index is -0.254. The first-order valence-corrected chi connectivity index (χ1v) is 7.44. The molecule has 3 aromatic carbocycles. The third-order valence-corrected chi connectivity index (χ3v) is 3.42. The molecule has 0 bridgehead atoms. The lowest BCUT2D eigenvalue weighted by atomic mass is 10.2. The summed E-state index contributed by atoms with van der Waals surface area (Å²) in [6, 6.07) is 23.9. The van der Waals surface area contributed by atoms with Crippen LogP contribution in [-0.2, 0) is 13.2 Å². The summed E-state index contributed by atoms with van der Waals surface area (Å²) < 4.78 is 24.8. The van der Waals surface area contributed by atoms with Crippen LogP contribution in [0.25, 0.3) is 0 Å². The Morgan fingerprint density at radius 1 is 0.609 bits per heavy atom. The Morgan fingerprint density at radius 2 is 1.17 bits per heavy atom. The maximum Gasteiger partial charge on any atom is 0.129 e. The molecule has 0 radical (unpaired) electrons. The molecular weight excluding hydrogens is 291 g/mol. The quantitative estimate of drug-likeness (QED) is 0.639. The van der Waals surface area contributed by atoms with Crippen LogP contribution in [0.2, 0.25) is 0 Å². The molecule has 0 unspecified atom stereocenters. The Labute approximate surface area is 135 Å². The first-order chi connectivity index (χ1) is 11.3. The van der Waals surface area contributed by atoms with Crippen LogP contribution in [0, 0.1) is 5.82 Å². The molecule has 3 rings (SSSR count). The maximum atomic E-state index is 13.5. The predicted molar refractivity (Wildman–Crippen MR) is 87.9 cm³/mol. The zero-order chi connectivity index (χ0) is 15.9. The molecule has 2 nitrogen and oxygen atoms in total. The number of benzene rings is 3. The lowest BCUT2D eigenvalue weighted by Crippen LogP contribution is -1.98. The van der Waals surface area contributed by atoms with Crippen LogP contribution in [-0.4, -0.2) is 0 Å². The van der Waals surface area contributed by atoms with Crippen LogP contribution in [0.5, 0.6) is 11.5 Å². The molecule has 0 aliphatic carbocycles. The highest BCUT2D eigenvalue weighted by Crippen LogP contribution is 2.20. The van der Waals surface area contributed by atoms with E-state index >= 15 is 0 Å². The lowest BCUT2D eigenvalue weighted by molar-refractivity contribution is 0.293. The van der Waals surface area contributed by atoms with Crippen molar-refractivity contribution in [3.63, 3.8) is 0 Å². The summed E-state index contributed by atoms with van der Waals surface area (Å²) >= 11 is 0. The Hall–Kier alpha value is -2.81. The molecular formula is C20H17FO2. The number of ether oxygens (including phenoxy) is 2. The van der Waals surface area contributed by atoms with Gasteiger partial charge in [-0.15, -0.1) is 0 Å². The number of halogens is 1. The monoisotopic (exact) mass is 308 g/mol. The van der Waals surface area contributed by atoms with Crippen LogP contribution in [0.4, 0.5) is 4.39 Å². The Morgan fingerprint density at radius 3 is 1.83 bits per heavy atom. The van der Waals surface area contributed by atoms with Crippen LogP contribution in [0.15, 0.2) is 78.9 Å². The second-order valence-electron chi connectivity index (χ2n) is 5.13. The Kier molecular flexibility index (Phi) is 4.89. The summed E-state index contributed by atoms with van der Waals surface area (Å²) in [5.41, 5.74) is 1.66. The van der Waals surface area contributed by atoms with E-state index in [2.05, 4.69) is 0 Å². The molecule has 0 spiro atoms. The second kappa shape index (κ2) is 7.45. The fourth-order valence-electron chi connectivity index (χ4n) is 2.15. The smallest absolute Gasteiger partial charge is 0.129 e. The molecule has 0 aliphatic heterocycles. The largest absolute Gasteiger partial charge is 0.489 e. The normalized spacial score (nSPS) is 10.3. The van der Waals surface area contributed by atoms with Gasteiger partial charge in [0.15, 0.2) is 0 Å². The summed E-state index contributed by atoms with van der Waals surface area (Å²) in [6.45, 7) is 0.729. The molecule has 0 N–H and O–H groups in total. The molecule has 0 aromatic heterocycles. The first-order valence-electron chi connectivity index (χ1n) is 7.44. The molecule has 0 aliphatic rings. The van der Waals surface area contributed by atoms with Gasteiger partial charge in [-0.3, -0.25) is 0 Å². The molecule has 0 saturated carbocycles. The number of rotatable bonds is 6. The van der Waals surface area contributed by atoms with E-state index in [9.17, 15) is 4.39 Å². The Balaban J connectivity index is 1.54. The fourth-order valence-corrected chi connectivity index (χ4v) is 2.15. The van der Waals surface area contributed by atoms with E-state index < -0.39 is 0 Å². The summed E-state index contributed by atoms with van der Waals surface area (Å²) in [5.74, 6) is 1.20. The zero-order valence-electron chi connectivity index (χ0n) is 12.6. The van der Waals surface area contributed by atoms with E-state index in [1.54, 1.807) is 18.2 Å². The minimum absolute atomic E-state index is 0.205. The van der Waals surface area contributed by atoms with Gasteiger partial charge < -0.3 is 9.47 Å². The van der Waals surface area contributed by atoms with Crippen molar-refractivity contribution in [1.29, 1.82) is 0 Å². The molecule has 0 atom stereocenters. The topological polar surface area (TPSA) is 18.5 Å². The molecule has 23 heavy (non-hydrogen) atoms. The van der Waals surface area contributed by atoms with E-state index in [0.29, 0.717) is 17.9 Å². The van der Waals surface area contributed by atoms with Crippen LogP contribution < -0.4 is 9.47 Å². The van der Waals surface area contributed by atoms with Gasteiger partial charge in [-0.25, -0.2) is 4.39 Å². The van der Waals surface area contributed by atoms with Gasteiger partial charge in [0.2, 0.25) is 0 Å². The van der Waals surface area contributed by atoms with E-state index in [1.165, 1.54) is 6.07 Å². The SMILES string of the molecule is Fc1ccccc1COc1ccc(OCc2ccccc2)cc1. The van der Waals surface area contributed by atoms with E-state index in [1.807, 2.05) is 54.6 Å². The van der Waals surface area contributed by atoms with E-state index in [4.69, 9.17) is 9.47 Å². The van der Waals surface area contributed by atoms with Gasteiger partial charge >= 0.3 is 0 Å². The lowest BCUT2D eigenvalue weighted by Gasteiger charge is -2.09. The molecule has 0 saturated heterocycles. The van der Waals surface area contributed by atoms with Crippen LogP contribution in [0.1, 0.15) is 11.1 Å². The van der Waals surface area contributed by atoms with Gasteiger partial charge in [0.05, 0.1) is 0 Å². The van der Waals surface area contributed by atoms with Crippen molar-refractivity contribution in [2.45, 2.75) is 13.2 Å². The summed E-state index contributed by atoms with van der Waals surface area (Å²) in [4.78, 5) is 0. The standard InChI is InChI=1S/C20H17FO2/c21-20-9-5-4-8-17(20)15-23-19-12-10-18(11-13-19)22-14-16-6-2-1-3-7-16/h1-13H,14-15H2. The average molecular weight is 308 g/mol. The van der Waals surface area contributed by atoms with Crippen molar-refractivity contribution in [1.82, 2.24) is 0 Å². The molecule has 0 fully saturated rings. The van der Waals surface area contributed by atoms with E-state index in [-0.39, 0.29) is 12.4 Å². The van der Waals surface area contributed by atoms with E-state index in [0.717, 1.165) is 11.3 Å². The minimum Gasteiger partial charge on any atom is -0.489 e. The van der Waals surface area contributed by atoms with Crippen LogP contribution >= 0.6 is 0 Å². The van der Waals surface area contributed by atoms with Crippen molar-refractivity contribution in [2.24, 2.45) is 0 Å². The summed E-state index contributed by atoms with van der Waals surface area (Å²) in [5, 5.41) is 0. The third-order valence-electron chi connectivity index (χ3n) is 3.42. The summed E-state index contributed by atoms with van der Waals surface area (Å²) in [6.07, 6.45) is 0. The number of hydrogen-bond donors (Lipinski definition) is 0. The van der Waals surface area contributed by atoms with Crippen molar-refractivity contribution in [3.8, 4) is 11.5 Å². The predicted octanol–water partition coefficient (Wildman–Crippen LogP) is 4.98. The van der Waals surface area contributed by atoms with Crippen molar-refractivity contribution >= 4 is 0 Å². The molecule has 0 amide bonds. The molecule has 3 heteroatoms. The van der Waals surface area contributed by atoms with Gasteiger partial charge in [-0.1, -0.05) is 48.5 Å². The Bertz CT molecular complexity index is 739. The number of hydrogen-bond acceptors (Lipinski definition) is 2. The molecule has 116 valence electrons. The van der Waals surface area contributed by atoms with Crippen LogP contribution in [0.3, 0.4) is 0 Å². The molecule has 3 aromatic rings. The van der Waals surface area contributed by atoms with Crippen molar-refractivity contribution in [3.05, 3.63) is 95.8 Å². The molecule has 0 heterocycles. The van der Waals surface area contributed by atoms with Gasteiger partial charge in [0, 0.05) is 5.56 Å². The first kappa shape index (κ1) is 15.1. The highest BCUT2D eigenvalue weighted by Gasteiger charge is 2.02. The zero-order valence-corrected chi connectivity index (χ0v) is 12.6. The van der Waals surface area contributed by atoms with Gasteiger partial charge in [0.25, 0.3) is 0 Å². The van der Waals surface area contributed by atoms with Gasteiger partial charge in [-0.2, -0.15) is 0 Å². The maximum absolute atomic E-state index is 13.5. The second-order valence-corrected chi connectivity index (χ2v) is 5.13. The third kappa shape index (κ3) is 4.33. The average Bonchev–Trinajstić information content (AvgIpc) is 2.61. The van der Waals surface area contributed by atoms with Crippen molar-refractivity contribution in [2.75, 3.05) is 0 Å². The highest BCUT2D eigenvalue weighted by atomic mass is 19.1. The van der Waals surface area contributed by atoms with Crippen molar-refractivity contribution < 1.29 is 13.9 Å². The fraction of sp³-hybridized carbons (Fsp3) is 0.100. The van der Waals surface area contributed by atoms with Gasteiger partial charge in [0.1, 0.15) is 30.5 Å².